The van der Waals surface area contributed by atoms with Crippen molar-refractivity contribution in [2.75, 3.05) is 0 Å². The molecule has 0 N–H and O–H groups in total. The first-order chi connectivity index (χ1) is 6.66. The van der Waals surface area contributed by atoms with Crippen molar-refractivity contribution < 1.29 is 0 Å². The second kappa shape index (κ2) is 4.05. The van der Waals surface area contributed by atoms with Crippen LogP contribution in [0.1, 0.15) is 5.56 Å². The molecule has 0 saturated carbocycles. The van der Waals surface area contributed by atoms with E-state index in [9.17, 15) is 0 Å². The molecule has 14 heavy (non-hydrogen) atoms. The predicted octanol–water partition coefficient (Wildman–Crippen LogP) is 5.14. The molecule has 0 aliphatic carbocycles. The molecule has 0 aliphatic heterocycles. The van der Waals surface area contributed by atoms with E-state index in [2.05, 4.69) is 47.1 Å². The summed E-state index contributed by atoms with van der Waals surface area (Å²) in [7, 11) is 0. The number of hydrogen-bond donors (Lipinski definition) is 0. The Hall–Kier alpha value is -0.310. The summed E-state index contributed by atoms with van der Waals surface area (Å²) in [5, 5.41) is 0. The van der Waals surface area contributed by atoms with Gasteiger partial charge in [-0.05, 0) is 34.5 Å². The smallest absolute Gasteiger partial charge is 0.102 e. The number of benzene rings is 1. The van der Waals surface area contributed by atoms with Gasteiger partial charge in [-0.15, -0.1) is 11.3 Å². The number of hydrogen-bond acceptors (Lipinski definition) is 1. The minimum Gasteiger partial charge on any atom is -0.116 e. The molecule has 0 atom stereocenters. The predicted molar refractivity (Wildman–Crippen MR) is 67.2 cm³/mol. The minimum atomic E-state index is 0.836. The molecular formula is C11H8BrClS. The Morgan fingerprint density at radius 2 is 2.07 bits per heavy atom. The highest BCUT2D eigenvalue weighted by atomic mass is 79.9. The van der Waals surface area contributed by atoms with Gasteiger partial charge in [0.05, 0.1) is 3.79 Å². The molecule has 0 unspecified atom stereocenters. The van der Waals surface area contributed by atoms with E-state index in [1.807, 2.05) is 6.07 Å². The van der Waals surface area contributed by atoms with E-state index in [-0.39, 0.29) is 0 Å². The fourth-order valence-corrected chi connectivity index (χ4v) is 3.39. The Labute approximate surface area is 101 Å². The van der Waals surface area contributed by atoms with E-state index in [0.29, 0.717) is 0 Å². The van der Waals surface area contributed by atoms with Crippen molar-refractivity contribution in [3.8, 4) is 11.1 Å². The summed E-state index contributed by atoms with van der Waals surface area (Å²) in [6, 6.07) is 10.4. The van der Waals surface area contributed by atoms with E-state index in [4.69, 9.17) is 11.6 Å². The first-order valence-electron chi connectivity index (χ1n) is 4.18. The molecule has 0 fully saturated rings. The number of aryl methyl sites for hydroxylation is 1. The van der Waals surface area contributed by atoms with Crippen LogP contribution in [0.3, 0.4) is 0 Å². The second-order valence-electron chi connectivity index (χ2n) is 3.11. The molecule has 0 nitrogen and oxygen atoms in total. The van der Waals surface area contributed by atoms with Gasteiger partial charge >= 0.3 is 0 Å². The van der Waals surface area contributed by atoms with E-state index < -0.39 is 0 Å². The van der Waals surface area contributed by atoms with Gasteiger partial charge in [0.2, 0.25) is 0 Å². The lowest BCUT2D eigenvalue weighted by Crippen LogP contribution is -1.76. The molecule has 0 aliphatic rings. The molecule has 1 aromatic heterocycles. The van der Waals surface area contributed by atoms with Crippen LogP contribution >= 0.6 is 38.9 Å². The van der Waals surface area contributed by atoms with Crippen molar-refractivity contribution in [2.45, 2.75) is 6.92 Å². The summed E-state index contributed by atoms with van der Waals surface area (Å²) < 4.78 is 1.90. The van der Waals surface area contributed by atoms with Gasteiger partial charge in [-0.2, -0.15) is 0 Å². The monoisotopic (exact) mass is 286 g/mol. The van der Waals surface area contributed by atoms with Crippen LogP contribution in [0.5, 0.6) is 0 Å². The van der Waals surface area contributed by atoms with Crippen molar-refractivity contribution in [1.29, 1.82) is 0 Å². The highest BCUT2D eigenvalue weighted by Gasteiger charge is 2.07. The first kappa shape index (κ1) is 10.2. The quantitative estimate of drug-likeness (QED) is 0.681. The van der Waals surface area contributed by atoms with Crippen LogP contribution < -0.4 is 0 Å². The summed E-state index contributed by atoms with van der Waals surface area (Å²) in [5.41, 5.74) is 3.53. The van der Waals surface area contributed by atoms with Crippen LogP contribution in [0.25, 0.3) is 11.1 Å². The first-order valence-corrected chi connectivity index (χ1v) is 6.17. The second-order valence-corrected chi connectivity index (χ2v) is 6.14. The largest absolute Gasteiger partial charge is 0.116 e. The van der Waals surface area contributed by atoms with Gasteiger partial charge in [-0.3, -0.25) is 0 Å². The van der Waals surface area contributed by atoms with Gasteiger partial charge < -0.3 is 0 Å². The standard InChI is InChI=1S/C11H8BrClS/c1-7-3-2-4-8(5-7)9-6-10(12)14-11(9)13/h2-6H,1H3. The third-order valence-corrected chi connectivity index (χ3v) is 3.85. The van der Waals surface area contributed by atoms with Crippen molar-refractivity contribution in [3.63, 3.8) is 0 Å². The Kier molecular flexibility index (Phi) is 2.96. The van der Waals surface area contributed by atoms with Gasteiger partial charge in [0, 0.05) is 5.56 Å². The van der Waals surface area contributed by atoms with Gasteiger partial charge in [0.25, 0.3) is 0 Å². The number of halogens is 2. The fourth-order valence-electron chi connectivity index (χ4n) is 1.35. The average molecular weight is 288 g/mol. The summed E-state index contributed by atoms with van der Waals surface area (Å²) in [4.78, 5) is 0. The van der Waals surface area contributed by atoms with Crippen LogP contribution in [0.2, 0.25) is 4.34 Å². The zero-order valence-corrected chi connectivity index (χ0v) is 10.7. The molecule has 0 saturated heterocycles. The highest BCUT2D eigenvalue weighted by Crippen LogP contribution is 2.38. The zero-order valence-electron chi connectivity index (χ0n) is 7.55. The summed E-state index contributed by atoms with van der Waals surface area (Å²) in [6.45, 7) is 2.08. The number of rotatable bonds is 1. The van der Waals surface area contributed by atoms with Crippen molar-refractivity contribution in [2.24, 2.45) is 0 Å². The summed E-state index contributed by atoms with van der Waals surface area (Å²) >= 11 is 11.1. The zero-order chi connectivity index (χ0) is 10.1. The van der Waals surface area contributed by atoms with Crippen LogP contribution in [0.4, 0.5) is 0 Å². The van der Waals surface area contributed by atoms with E-state index >= 15 is 0 Å². The Balaban J connectivity index is 2.54. The molecule has 1 aromatic carbocycles. The van der Waals surface area contributed by atoms with Crippen LogP contribution in [0, 0.1) is 6.92 Å². The van der Waals surface area contributed by atoms with E-state index in [0.717, 1.165) is 13.7 Å². The maximum atomic E-state index is 6.12. The molecule has 2 rings (SSSR count). The van der Waals surface area contributed by atoms with Crippen LogP contribution in [-0.2, 0) is 0 Å². The SMILES string of the molecule is Cc1cccc(-c2cc(Br)sc2Cl)c1. The maximum absolute atomic E-state index is 6.12. The minimum absolute atomic E-state index is 0.836. The summed E-state index contributed by atoms with van der Waals surface area (Å²) in [6.07, 6.45) is 0. The maximum Gasteiger partial charge on any atom is 0.102 e. The topological polar surface area (TPSA) is 0 Å². The molecule has 2 aromatic rings. The third-order valence-electron chi connectivity index (χ3n) is 1.99. The van der Waals surface area contributed by atoms with Gasteiger partial charge in [-0.25, -0.2) is 0 Å². The molecule has 0 radical (unpaired) electrons. The molecule has 3 heteroatoms. The molecule has 0 spiro atoms. The van der Waals surface area contributed by atoms with Gasteiger partial charge in [0.1, 0.15) is 4.34 Å². The van der Waals surface area contributed by atoms with E-state index in [1.54, 1.807) is 11.3 Å². The molecule has 0 bridgehead atoms. The third kappa shape index (κ3) is 2.02. The summed E-state index contributed by atoms with van der Waals surface area (Å²) in [5.74, 6) is 0. The van der Waals surface area contributed by atoms with Crippen molar-refractivity contribution in [1.82, 2.24) is 0 Å². The van der Waals surface area contributed by atoms with Gasteiger partial charge in [-0.1, -0.05) is 41.4 Å². The molecule has 0 amide bonds. The lowest BCUT2D eigenvalue weighted by Gasteiger charge is -1.99. The van der Waals surface area contributed by atoms with Gasteiger partial charge in [0.15, 0.2) is 0 Å². The van der Waals surface area contributed by atoms with Crippen molar-refractivity contribution >= 4 is 38.9 Å². The lowest BCUT2D eigenvalue weighted by atomic mass is 10.1. The normalized spacial score (nSPS) is 10.5. The highest BCUT2D eigenvalue weighted by molar-refractivity contribution is 9.11. The number of thiophene rings is 1. The van der Waals surface area contributed by atoms with Crippen LogP contribution in [-0.4, -0.2) is 0 Å². The molecule has 72 valence electrons. The van der Waals surface area contributed by atoms with Crippen molar-refractivity contribution in [3.05, 3.63) is 44.0 Å². The molecular weight excluding hydrogens is 280 g/mol. The lowest BCUT2D eigenvalue weighted by molar-refractivity contribution is 1.47. The Morgan fingerprint density at radius 1 is 1.29 bits per heavy atom. The fraction of sp³-hybridized carbons (Fsp3) is 0.0909. The van der Waals surface area contributed by atoms with Crippen LogP contribution in [0.15, 0.2) is 34.1 Å². The Morgan fingerprint density at radius 3 is 2.64 bits per heavy atom. The Bertz CT molecular complexity index is 462. The average Bonchev–Trinajstić information content (AvgIpc) is 2.45. The van der Waals surface area contributed by atoms with E-state index in [1.165, 1.54) is 11.1 Å². The molecule has 1 heterocycles.